The first kappa shape index (κ1) is 21.0. The highest BCUT2D eigenvalue weighted by molar-refractivity contribution is 9.10. The number of nitrogens with one attached hydrogen (secondary N) is 1. The van der Waals surface area contributed by atoms with Crippen molar-refractivity contribution >= 4 is 27.5 Å². The topological polar surface area (TPSA) is 73.6 Å². The molecule has 0 aliphatic heterocycles. The number of carbonyl (C=O) groups excluding carboxylic acids is 1. The lowest BCUT2D eigenvalue weighted by atomic mass is 10.2. The van der Waals surface area contributed by atoms with Crippen LogP contribution in [0.1, 0.15) is 5.56 Å². The molecule has 0 radical (unpaired) electrons. The van der Waals surface area contributed by atoms with Crippen molar-refractivity contribution in [3.8, 4) is 11.5 Å². The maximum Gasteiger partial charge on any atom is 0.243 e. The Labute approximate surface area is 176 Å². The zero-order chi connectivity index (χ0) is 20.6. The van der Waals surface area contributed by atoms with Gasteiger partial charge < -0.3 is 20.5 Å². The van der Waals surface area contributed by atoms with Gasteiger partial charge in [-0.05, 0) is 66.2 Å². The van der Waals surface area contributed by atoms with Gasteiger partial charge in [0, 0.05) is 10.2 Å². The molecular weight excluding hydrogens is 439 g/mol. The van der Waals surface area contributed by atoms with Crippen LogP contribution in [0.25, 0.3) is 0 Å². The number of nitrogens with two attached hydrogens (primary N) is 1. The maximum atomic E-state index is 12.9. The Morgan fingerprint density at radius 3 is 2.17 bits per heavy atom. The molecule has 7 heteroatoms. The van der Waals surface area contributed by atoms with Crippen molar-refractivity contribution in [2.45, 2.75) is 12.6 Å². The Balaban J connectivity index is 1.45. The van der Waals surface area contributed by atoms with Gasteiger partial charge in [-0.3, -0.25) is 4.79 Å². The Bertz CT molecular complexity index is 932. The van der Waals surface area contributed by atoms with E-state index in [1.54, 1.807) is 36.4 Å². The average Bonchev–Trinajstić information content (AvgIpc) is 2.72. The fraction of sp³-hybridized carbons (Fsp3) is 0.136. The van der Waals surface area contributed by atoms with E-state index in [0.29, 0.717) is 17.2 Å². The Morgan fingerprint density at radius 2 is 1.55 bits per heavy atom. The number of hydrogen-bond donors (Lipinski definition) is 2. The first-order valence-corrected chi connectivity index (χ1v) is 9.71. The first-order valence-electron chi connectivity index (χ1n) is 8.92. The smallest absolute Gasteiger partial charge is 0.243 e. The highest BCUT2D eigenvalue weighted by atomic mass is 79.9. The Hall–Kier alpha value is -2.74. The molecule has 0 aliphatic rings. The summed E-state index contributed by atoms with van der Waals surface area (Å²) in [6, 6.07) is 19.6. The van der Waals surface area contributed by atoms with Gasteiger partial charge in [-0.2, -0.15) is 0 Å². The summed E-state index contributed by atoms with van der Waals surface area (Å²) in [5, 5.41) is 2.74. The van der Waals surface area contributed by atoms with Crippen LogP contribution in [0.3, 0.4) is 0 Å². The molecular formula is C22H20BrFN2O3. The lowest BCUT2D eigenvalue weighted by molar-refractivity contribution is -0.118. The molecule has 0 saturated heterocycles. The molecule has 0 spiro atoms. The fourth-order valence-electron chi connectivity index (χ4n) is 2.44. The standard InChI is InChI=1S/C22H20BrFN2O3/c23-16-3-9-19(10-4-16)29-20-11-7-18(8-12-20)26-22(27)21(25)14-28-13-15-1-5-17(24)6-2-15/h1-12,21H,13-14,25H2,(H,26,27)/t21-/m0/s1. The van der Waals surface area contributed by atoms with Crippen LogP contribution in [-0.4, -0.2) is 18.6 Å². The van der Waals surface area contributed by atoms with Crippen LogP contribution in [0.4, 0.5) is 10.1 Å². The third-order valence-corrected chi connectivity index (χ3v) is 4.52. The molecule has 3 rings (SSSR count). The molecule has 3 aromatic rings. The quantitative estimate of drug-likeness (QED) is 0.505. The summed E-state index contributed by atoms with van der Waals surface area (Å²) in [5.41, 5.74) is 7.28. The highest BCUT2D eigenvalue weighted by Crippen LogP contribution is 2.24. The monoisotopic (exact) mass is 458 g/mol. The Morgan fingerprint density at radius 1 is 0.966 bits per heavy atom. The molecule has 0 aliphatic carbocycles. The van der Waals surface area contributed by atoms with Gasteiger partial charge in [-0.15, -0.1) is 0 Å². The zero-order valence-corrected chi connectivity index (χ0v) is 17.1. The van der Waals surface area contributed by atoms with Crippen molar-refractivity contribution in [3.63, 3.8) is 0 Å². The summed E-state index contributed by atoms with van der Waals surface area (Å²) >= 11 is 3.38. The lowest BCUT2D eigenvalue weighted by Crippen LogP contribution is -2.39. The molecule has 0 aromatic heterocycles. The number of carbonyl (C=O) groups is 1. The number of hydrogen-bond acceptors (Lipinski definition) is 4. The van der Waals surface area contributed by atoms with E-state index in [9.17, 15) is 9.18 Å². The fourth-order valence-corrected chi connectivity index (χ4v) is 2.70. The number of rotatable bonds is 8. The van der Waals surface area contributed by atoms with Gasteiger partial charge in [0.25, 0.3) is 0 Å². The van der Waals surface area contributed by atoms with E-state index in [1.165, 1.54) is 12.1 Å². The largest absolute Gasteiger partial charge is 0.457 e. The van der Waals surface area contributed by atoms with Crippen LogP contribution in [-0.2, 0) is 16.1 Å². The number of ether oxygens (including phenoxy) is 2. The molecule has 1 amide bonds. The number of amides is 1. The van der Waals surface area contributed by atoms with E-state index in [0.717, 1.165) is 10.0 Å². The summed E-state index contributed by atoms with van der Waals surface area (Å²) in [6.45, 7) is 0.303. The molecule has 29 heavy (non-hydrogen) atoms. The van der Waals surface area contributed by atoms with Crippen molar-refractivity contribution in [1.82, 2.24) is 0 Å². The van der Waals surface area contributed by atoms with Gasteiger partial charge in [0.05, 0.1) is 13.2 Å². The summed E-state index contributed by atoms with van der Waals surface area (Å²) in [5.74, 6) is 0.700. The second-order valence-electron chi connectivity index (χ2n) is 6.32. The molecule has 5 nitrogen and oxygen atoms in total. The summed E-state index contributed by atoms with van der Waals surface area (Å²) in [6.07, 6.45) is 0. The van der Waals surface area contributed by atoms with E-state index >= 15 is 0 Å². The summed E-state index contributed by atoms with van der Waals surface area (Å²) in [4.78, 5) is 12.2. The van der Waals surface area contributed by atoms with Gasteiger partial charge >= 0.3 is 0 Å². The van der Waals surface area contributed by atoms with Gasteiger partial charge in [-0.1, -0.05) is 28.1 Å². The minimum Gasteiger partial charge on any atom is -0.457 e. The van der Waals surface area contributed by atoms with Crippen molar-refractivity contribution < 1.29 is 18.7 Å². The molecule has 0 bridgehead atoms. The molecule has 150 valence electrons. The maximum absolute atomic E-state index is 12.9. The predicted octanol–water partition coefficient (Wildman–Crippen LogP) is 4.86. The van der Waals surface area contributed by atoms with Crippen LogP contribution in [0.5, 0.6) is 11.5 Å². The number of halogens is 2. The van der Waals surface area contributed by atoms with E-state index in [2.05, 4.69) is 21.2 Å². The van der Waals surface area contributed by atoms with Gasteiger partial charge in [0.15, 0.2) is 0 Å². The van der Waals surface area contributed by atoms with Gasteiger partial charge in [-0.25, -0.2) is 4.39 Å². The van der Waals surface area contributed by atoms with Crippen molar-refractivity contribution in [3.05, 3.63) is 88.6 Å². The average molecular weight is 459 g/mol. The summed E-state index contributed by atoms with van der Waals surface area (Å²) in [7, 11) is 0. The van der Waals surface area contributed by atoms with Crippen molar-refractivity contribution in [2.75, 3.05) is 11.9 Å². The Kier molecular flexibility index (Phi) is 7.35. The van der Waals surface area contributed by atoms with Gasteiger partial charge in [0.1, 0.15) is 23.4 Å². The SMILES string of the molecule is N[C@@H](COCc1ccc(F)cc1)C(=O)Nc1ccc(Oc2ccc(Br)cc2)cc1. The molecule has 0 fully saturated rings. The van der Waals surface area contributed by atoms with E-state index < -0.39 is 6.04 Å². The van der Waals surface area contributed by atoms with Crippen LogP contribution < -0.4 is 15.8 Å². The van der Waals surface area contributed by atoms with Crippen molar-refractivity contribution in [2.24, 2.45) is 5.73 Å². The molecule has 0 saturated carbocycles. The molecule has 3 aromatic carbocycles. The predicted molar refractivity (Wildman–Crippen MR) is 113 cm³/mol. The second-order valence-corrected chi connectivity index (χ2v) is 7.23. The third-order valence-electron chi connectivity index (χ3n) is 3.99. The molecule has 1 atom stereocenters. The van der Waals surface area contributed by atoms with Crippen LogP contribution in [0.15, 0.2) is 77.3 Å². The number of anilines is 1. The summed E-state index contributed by atoms with van der Waals surface area (Å²) < 4.78 is 25.0. The molecule has 0 unspecified atom stereocenters. The first-order chi connectivity index (χ1) is 14.0. The molecule has 0 heterocycles. The van der Waals surface area contributed by atoms with E-state index in [1.807, 2.05) is 24.3 Å². The lowest BCUT2D eigenvalue weighted by Gasteiger charge is -2.13. The zero-order valence-electron chi connectivity index (χ0n) is 15.5. The number of benzene rings is 3. The van der Waals surface area contributed by atoms with Gasteiger partial charge in [0.2, 0.25) is 5.91 Å². The second kappa shape index (κ2) is 10.2. The van der Waals surface area contributed by atoms with E-state index in [4.69, 9.17) is 15.2 Å². The minimum absolute atomic E-state index is 0.0496. The third kappa shape index (κ3) is 6.67. The normalized spacial score (nSPS) is 11.7. The van der Waals surface area contributed by atoms with Crippen LogP contribution >= 0.6 is 15.9 Å². The van der Waals surface area contributed by atoms with Crippen LogP contribution in [0.2, 0.25) is 0 Å². The minimum atomic E-state index is -0.825. The highest BCUT2D eigenvalue weighted by Gasteiger charge is 2.14. The van der Waals surface area contributed by atoms with E-state index in [-0.39, 0.29) is 24.9 Å². The van der Waals surface area contributed by atoms with Crippen molar-refractivity contribution in [1.29, 1.82) is 0 Å². The van der Waals surface area contributed by atoms with Crippen LogP contribution in [0, 0.1) is 5.82 Å². The molecule has 3 N–H and O–H groups in total.